The molecular formula is C15H26N3O3+. The van der Waals surface area contributed by atoms with E-state index in [0.717, 1.165) is 16.8 Å². The first-order chi connectivity index (χ1) is 9.94. The van der Waals surface area contributed by atoms with Crippen molar-refractivity contribution in [3.63, 3.8) is 0 Å². The number of aliphatic hydroxyl groups is 1. The molecule has 6 nitrogen and oxygen atoms in total. The number of nitrogens with two attached hydrogens (primary N) is 2. The molecule has 0 saturated heterocycles. The van der Waals surface area contributed by atoms with Crippen LogP contribution in [-0.4, -0.2) is 36.7 Å². The quantitative estimate of drug-likeness (QED) is 0.444. The summed E-state index contributed by atoms with van der Waals surface area (Å²) < 4.78 is 5.04. The number of aryl methyl sites for hydroxylation is 2. The Morgan fingerprint density at radius 3 is 2.57 bits per heavy atom. The summed E-state index contributed by atoms with van der Waals surface area (Å²) in [5, 5.41) is 16.1. The largest absolute Gasteiger partial charge is 0.448 e. The van der Waals surface area contributed by atoms with E-state index in [1.165, 1.54) is 0 Å². The van der Waals surface area contributed by atoms with Crippen LogP contribution in [0.2, 0.25) is 0 Å². The summed E-state index contributed by atoms with van der Waals surface area (Å²) >= 11 is 0. The molecule has 0 fully saturated rings. The second kappa shape index (κ2) is 10.8. The molecule has 1 aromatic carbocycles. The number of ether oxygens (including phenoxy) is 1. The van der Waals surface area contributed by atoms with Crippen LogP contribution in [0.25, 0.3) is 0 Å². The van der Waals surface area contributed by atoms with E-state index in [9.17, 15) is 4.79 Å². The number of anilines is 1. The van der Waals surface area contributed by atoms with Crippen LogP contribution in [-0.2, 0) is 9.53 Å². The highest BCUT2D eigenvalue weighted by Gasteiger charge is 2.12. The molecule has 0 aromatic heterocycles. The Bertz CT molecular complexity index is 459. The Hall–Kier alpha value is -1.92. The van der Waals surface area contributed by atoms with Gasteiger partial charge in [0.1, 0.15) is 6.42 Å². The minimum atomic E-state index is -0.162. The summed E-state index contributed by atoms with van der Waals surface area (Å²) in [5.74, 6) is 0.0833. The van der Waals surface area contributed by atoms with E-state index >= 15 is 0 Å². The number of hydrogen-bond acceptors (Lipinski definition) is 4. The molecule has 0 aliphatic carbocycles. The first-order valence-electron chi connectivity index (χ1n) is 6.86. The number of benzene rings is 1. The van der Waals surface area contributed by atoms with E-state index in [0.29, 0.717) is 13.2 Å². The minimum absolute atomic E-state index is 0.0845. The van der Waals surface area contributed by atoms with Crippen molar-refractivity contribution < 1.29 is 20.0 Å². The maximum atomic E-state index is 11.7. The minimum Gasteiger partial charge on any atom is -0.448 e. The van der Waals surface area contributed by atoms with Gasteiger partial charge in [-0.15, -0.1) is 0 Å². The van der Waals surface area contributed by atoms with E-state index in [4.69, 9.17) is 21.0 Å². The Balaban J connectivity index is 0.000000885. The molecule has 6 N–H and O–H groups in total. The molecule has 0 aliphatic rings. The third-order valence-electron chi connectivity index (χ3n) is 2.46. The molecule has 6 heteroatoms. The van der Waals surface area contributed by atoms with Gasteiger partial charge >= 0.3 is 5.90 Å². The lowest BCUT2D eigenvalue weighted by Gasteiger charge is -2.08. The van der Waals surface area contributed by atoms with Crippen molar-refractivity contribution in [2.75, 3.05) is 25.1 Å². The van der Waals surface area contributed by atoms with E-state index in [1.807, 2.05) is 39.0 Å². The highest BCUT2D eigenvalue weighted by Crippen LogP contribution is 2.16. The van der Waals surface area contributed by atoms with Crippen LogP contribution in [0.5, 0.6) is 0 Å². The van der Waals surface area contributed by atoms with Crippen molar-refractivity contribution >= 4 is 17.5 Å². The van der Waals surface area contributed by atoms with E-state index in [1.54, 1.807) is 0 Å². The van der Waals surface area contributed by atoms with Crippen LogP contribution >= 0.6 is 0 Å². The van der Waals surface area contributed by atoms with E-state index in [2.05, 4.69) is 5.32 Å². The fraction of sp³-hybridized carbons (Fsp3) is 0.467. The van der Waals surface area contributed by atoms with Crippen LogP contribution in [0.3, 0.4) is 0 Å². The zero-order chi connectivity index (χ0) is 16.3. The molecule has 21 heavy (non-hydrogen) atoms. The van der Waals surface area contributed by atoms with Crippen molar-refractivity contribution in [2.45, 2.75) is 27.2 Å². The molecule has 1 amide bonds. The Labute approximate surface area is 125 Å². The van der Waals surface area contributed by atoms with Gasteiger partial charge in [-0.1, -0.05) is 12.1 Å². The van der Waals surface area contributed by atoms with Gasteiger partial charge in [0.25, 0.3) is 0 Å². The molecule has 0 saturated carbocycles. The second-order valence-corrected chi connectivity index (χ2v) is 4.45. The van der Waals surface area contributed by atoms with Gasteiger partial charge < -0.3 is 20.9 Å². The summed E-state index contributed by atoms with van der Waals surface area (Å²) in [6.07, 6.45) is 0.0845. The molecule has 0 spiro atoms. The highest BCUT2D eigenvalue weighted by molar-refractivity contribution is 6.02. The number of hydrogen-bond donors (Lipinski definition) is 4. The predicted molar refractivity (Wildman–Crippen MR) is 83.9 cm³/mol. The number of rotatable bonds is 5. The Morgan fingerprint density at radius 2 is 2.05 bits per heavy atom. The SMILES string of the molecule is CCOC(=[NH2+])CC(=O)Nc1cc(C)ccc1C.NCCO. The maximum Gasteiger partial charge on any atom is 0.342 e. The number of aliphatic hydroxyl groups excluding tert-OH is 1. The lowest BCUT2D eigenvalue weighted by Crippen LogP contribution is -2.43. The average molecular weight is 296 g/mol. The van der Waals surface area contributed by atoms with Crippen molar-refractivity contribution in [1.82, 2.24) is 0 Å². The third-order valence-corrected chi connectivity index (χ3v) is 2.46. The summed E-state index contributed by atoms with van der Waals surface area (Å²) in [6.45, 7) is 6.71. The standard InChI is InChI=1S/C13H18N2O2.C2H7NO/c1-4-17-12(14)8-13(16)15-11-7-9(2)5-6-10(11)3;3-1-2-4/h5-7,14H,4,8H2,1-3H3,(H,15,16);4H,1-3H2/p+1. The number of carbonyl (C=O) groups is 1. The van der Waals surface area contributed by atoms with Crippen LogP contribution in [0.4, 0.5) is 5.69 Å². The number of amides is 1. The topological polar surface area (TPSA) is 110 Å². The molecule has 0 aliphatic heterocycles. The summed E-state index contributed by atoms with van der Waals surface area (Å²) in [4.78, 5) is 11.7. The maximum absolute atomic E-state index is 11.7. The second-order valence-electron chi connectivity index (χ2n) is 4.45. The van der Waals surface area contributed by atoms with Gasteiger partial charge in [-0.2, -0.15) is 0 Å². The molecule has 0 atom stereocenters. The lowest BCUT2D eigenvalue weighted by atomic mass is 10.1. The lowest BCUT2D eigenvalue weighted by molar-refractivity contribution is -0.145. The fourth-order valence-corrected chi connectivity index (χ4v) is 1.46. The summed E-state index contributed by atoms with van der Waals surface area (Å²) in [6, 6.07) is 5.91. The zero-order valence-corrected chi connectivity index (χ0v) is 13.0. The average Bonchev–Trinajstić information content (AvgIpc) is 2.43. The Kier molecular flexibility index (Phi) is 9.83. The predicted octanol–water partition coefficient (Wildman–Crippen LogP) is -0.236. The highest BCUT2D eigenvalue weighted by atomic mass is 16.5. The number of nitrogens with one attached hydrogen (secondary N) is 1. The molecule has 0 unspecified atom stereocenters. The molecule has 0 radical (unpaired) electrons. The van der Waals surface area contributed by atoms with Crippen molar-refractivity contribution in [1.29, 1.82) is 0 Å². The normalized spacial score (nSPS) is 9.38. The Morgan fingerprint density at radius 1 is 1.43 bits per heavy atom. The molecular weight excluding hydrogens is 270 g/mol. The first kappa shape index (κ1) is 19.1. The van der Waals surface area contributed by atoms with Gasteiger partial charge in [0.05, 0.1) is 13.2 Å². The van der Waals surface area contributed by atoms with Crippen LogP contribution in [0, 0.1) is 13.8 Å². The van der Waals surface area contributed by atoms with Gasteiger partial charge in [-0.25, -0.2) is 5.41 Å². The first-order valence-corrected chi connectivity index (χ1v) is 6.86. The summed E-state index contributed by atoms with van der Waals surface area (Å²) in [7, 11) is 0. The molecule has 0 bridgehead atoms. The molecule has 0 heterocycles. The monoisotopic (exact) mass is 296 g/mol. The smallest absolute Gasteiger partial charge is 0.342 e. The molecule has 1 aromatic rings. The van der Waals surface area contributed by atoms with Crippen LogP contribution < -0.4 is 16.5 Å². The van der Waals surface area contributed by atoms with Gasteiger partial charge in [0, 0.05) is 12.2 Å². The number of carbonyl (C=O) groups excluding carboxylic acids is 1. The van der Waals surface area contributed by atoms with Crippen LogP contribution in [0.1, 0.15) is 24.5 Å². The van der Waals surface area contributed by atoms with Gasteiger partial charge in [-0.3, -0.25) is 4.79 Å². The van der Waals surface area contributed by atoms with Gasteiger partial charge in [-0.05, 0) is 38.0 Å². The fourth-order valence-electron chi connectivity index (χ4n) is 1.46. The third kappa shape index (κ3) is 8.78. The zero-order valence-electron chi connectivity index (χ0n) is 13.0. The van der Waals surface area contributed by atoms with Crippen LogP contribution in [0.15, 0.2) is 18.2 Å². The van der Waals surface area contributed by atoms with Gasteiger partial charge in [0.2, 0.25) is 5.91 Å². The van der Waals surface area contributed by atoms with Gasteiger partial charge in [0.15, 0.2) is 0 Å². The van der Waals surface area contributed by atoms with Crippen molar-refractivity contribution in [2.24, 2.45) is 5.73 Å². The molecule has 1 rings (SSSR count). The van der Waals surface area contributed by atoms with Crippen molar-refractivity contribution in [3.05, 3.63) is 29.3 Å². The van der Waals surface area contributed by atoms with E-state index in [-0.39, 0.29) is 24.8 Å². The van der Waals surface area contributed by atoms with Crippen molar-refractivity contribution in [3.8, 4) is 0 Å². The molecule has 118 valence electrons. The summed E-state index contributed by atoms with van der Waals surface area (Å²) in [5.41, 5.74) is 7.73. The van der Waals surface area contributed by atoms with E-state index < -0.39 is 0 Å².